The molecular formula is C22H26ClN3O. The zero-order valence-corrected chi connectivity index (χ0v) is 16.9. The maximum absolute atomic E-state index is 11.3. The smallest absolute Gasteiger partial charge is 0.0876 e. The molecule has 27 heavy (non-hydrogen) atoms. The molecule has 5 heteroatoms. The minimum atomic E-state index is -0.901. The number of pyridine rings is 1. The third-order valence-electron chi connectivity index (χ3n) is 5.94. The second kappa shape index (κ2) is 6.93. The van der Waals surface area contributed by atoms with Crippen molar-refractivity contribution in [3.8, 4) is 0 Å². The molecule has 0 aliphatic carbocycles. The molecule has 0 saturated carbocycles. The third kappa shape index (κ3) is 3.38. The summed E-state index contributed by atoms with van der Waals surface area (Å²) in [6, 6.07) is 9.95. The molecular weight excluding hydrogens is 358 g/mol. The molecule has 4 rings (SSSR count). The minimum Gasteiger partial charge on any atom is -0.385 e. The predicted octanol–water partition coefficient (Wildman–Crippen LogP) is 4.44. The van der Waals surface area contributed by atoms with E-state index in [1.54, 1.807) is 12.4 Å². The normalized spacial score (nSPS) is 20.3. The number of halogens is 1. The lowest BCUT2D eigenvalue weighted by molar-refractivity contribution is 0.0378. The molecule has 142 valence electrons. The highest BCUT2D eigenvalue weighted by molar-refractivity contribution is 6.31. The van der Waals surface area contributed by atoms with Crippen molar-refractivity contribution < 1.29 is 5.11 Å². The van der Waals surface area contributed by atoms with Crippen LogP contribution in [0.1, 0.15) is 42.5 Å². The Morgan fingerprint density at radius 1 is 1.22 bits per heavy atom. The van der Waals surface area contributed by atoms with Crippen LogP contribution in [-0.4, -0.2) is 33.1 Å². The molecule has 0 spiro atoms. The van der Waals surface area contributed by atoms with Crippen molar-refractivity contribution in [1.29, 1.82) is 0 Å². The summed E-state index contributed by atoms with van der Waals surface area (Å²) >= 11 is 6.30. The van der Waals surface area contributed by atoms with Crippen molar-refractivity contribution in [1.82, 2.24) is 14.5 Å². The molecule has 4 nitrogen and oxygen atoms in total. The van der Waals surface area contributed by atoms with E-state index in [2.05, 4.69) is 40.7 Å². The van der Waals surface area contributed by atoms with Crippen LogP contribution in [-0.2, 0) is 19.2 Å². The Hall–Kier alpha value is -1.88. The summed E-state index contributed by atoms with van der Waals surface area (Å²) in [7, 11) is 4.30. The van der Waals surface area contributed by atoms with Gasteiger partial charge in [0, 0.05) is 53.5 Å². The lowest BCUT2D eigenvalue weighted by atomic mass is 9.82. The summed E-state index contributed by atoms with van der Waals surface area (Å²) < 4.78 is 2.30. The van der Waals surface area contributed by atoms with Gasteiger partial charge in [-0.2, -0.15) is 0 Å². The van der Waals surface area contributed by atoms with Crippen LogP contribution in [0.2, 0.25) is 5.02 Å². The molecule has 1 aromatic carbocycles. The first-order valence-corrected chi connectivity index (χ1v) is 9.83. The first-order chi connectivity index (χ1) is 12.9. The van der Waals surface area contributed by atoms with Gasteiger partial charge in [0.15, 0.2) is 0 Å². The van der Waals surface area contributed by atoms with Gasteiger partial charge in [-0.05, 0) is 74.8 Å². The predicted molar refractivity (Wildman–Crippen MR) is 110 cm³/mol. The average molecular weight is 384 g/mol. The Kier molecular flexibility index (Phi) is 4.75. The molecule has 0 fully saturated rings. The zero-order valence-electron chi connectivity index (χ0n) is 16.1. The largest absolute Gasteiger partial charge is 0.385 e. The Bertz CT molecular complexity index is 965. The van der Waals surface area contributed by atoms with E-state index in [9.17, 15) is 5.11 Å². The second-order valence-electron chi connectivity index (χ2n) is 8.02. The number of aryl methyl sites for hydroxylation is 1. The van der Waals surface area contributed by atoms with Gasteiger partial charge in [-0.15, -0.1) is 0 Å². The standard InChI is InChI=1S/C22H26ClN3O/c1-22(27,16-6-9-24-10-7-16)13-15-8-11-25(2)14-19-18-12-17(23)4-5-20(18)26(3)21(15)19/h4-7,9-10,12,15,27H,8,11,13-14H2,1-3H3. The number of benzene rings is 1. The summed E-state index contributed by atoms with van der Waals surface area (Å²) in [4.78, 5) is 6.44. The van der Waals surface area contributed by atoms with E-state index in [0.29, 0.717) is 6.42 Å². The van der Waals surface area contributed by atoms with Gasteiger partial charge in [-0.3, -0.25) is 4.98 Å². The number of aliphatic hydroxyl groups is 1. The fraction of sp³-hybridized carbons (Fsp3) is 0.409. The van der Waals surface area contributed by atoms with Crippen molar-refractivity contribution in [3.63, 3.8) is 0 Å². The van der Waals surface area contributed by atoms with Gasteiger partial charge < -0.3 is 14.6 Å². The van der Waals surface area contributed by atoms with Crippen LogP contribution >= 0.6 is 11.6 Å². The molecule has 1 N–H and O–H groups in total. The molecule has 2 atom stereocenters. The highest BCUT2D eigenvalue weighted by atomic mass is 35.5. The number of rotatable bonds is 3. The van der Waals surface area contributed by atoms with E-state index < -0.39 is 5.60 Å². The summed E-state index contributed by atoms with van der Waals surface area (Å²) in [5.74, 6) is 0.268. The van der Waals surface area contributed by atoms with E-state index in [0.717, 1.165) is 30.1 Å². The highest BCUT2D eigenvalue weighted by Crippen LogP contribution is 2.41. The first-order valence-electron chi connectivity index (χ1n) is 9.45. The summed E-state index contributed by atoms with van der Waals surface area (Å²) in [6.07, 6.45) is 5.18. The quantitative estimate of drug-likeness (QED) is 0.726. The summed E-state index contributed by atoms with van der Waals surface area (Å²) in [5, 5.41) is 13.3. The number of nitrogens with zero attached hydrogens (tertiary/aromatic N) is 3. The topological polar surface area (TPSA) is 41.3 Å². The van der Waals surface area contributed by atoms with Gasteiger partial charge in [-0.1, -0.05) is 11.6 Å². The molecule has 1 aliphatic rings. The number of fused-ring (bicyclic) bond motifs is 3. The Labute approximate surface area is 165 Å². The maximum Gasteiger partial charge on any atom is 0.0876 e. The monoisotopic (exact) mass is 383 g/mol. The van der Waals surface area contributed by atoms with Crippen LogP contribution in [0.25, 0.3) is 10.9 Å². The van der Waals surface area contributed by atoms with Gasteiger partial charge in [0.2, 0.25) is 0 Å². The Morgan fingerprint density at radius 2 is 1.96 bits per heavy atom. The first kappa shape index (κ1) is 18.5. The van der Waals surface area contributed by atoms with E-state index >= 15 is 0 Å². The van der Waals surface area contributed by atoms with Crippen LogP contribution in [0.15, 0.2) is 42.7 Å². The molecule has 3 heterocycles. The number of aromatic nitrogens is 2. The summed E-state index contributed by atoms with van der Waals surface area (Å²) in [6.45, 7) is 3.82. The highest BCUT2D eigenvalue weighted by Gasteiger charge is 2.33. The van der Waals surface area contributed by atoms with Crippen LogP contribution < -0.4 is 0 Å². The fourth-order valence-corrected chi connectivity index (χ4v) is 4.74. The van der Waals surface area contributed by atoms with Crippen molar-refractivity contribution in [2.75, 3.05) is 13.6 Å². The van der Waals surface area contributed by atoms with Gasteiger partial charge in [0.25, 0.3) is 0 Å². The molecule has 0 radical (unpaired) electrons. The maximum atomic E-state index is 11.3. The van der Waals surface area contributed by atoms with E-state index in [-0.39, 0.29) is 5.92 Å². The van der Waals surface area contributed by atoms with Gasteiger partial charge in [0.1, 0.15) is 0 Å². The van der Waals surface area contributed by atoms with Crippen molar-refractivity contribution in [2.45, 2.75) is 37.8 Å². The van der Waals surface area contributed by atoms with E-state index in [4.69, 9.17) is 11.6 Å². The second-order valence-corrected chi connectivity index (χ2v) is 8.46. The number of hydrogen-bond acceptors (Lipinski definition) is 3. The lowest BCUT2D eigenvalue weighted by Crippen LogP contribution is -2.26. The molecule has 2 unspecified atom stereocenters. The van der Waals surface area contributed by atoms with Gasteiger partial charge in [-0.25, -0.2) is 0 Å². The van der Waals surface area contributed by atoms with Crippen LogP contribution in [0.3, 0.4) is 0 Å². The van der Waals surface area contributed by atoms with Crippen molar-refractivity contribution in [3.05, 3.63) is 64.6 Å². The Balaban J connectivity index is 1.81. The number of hydrogen-bond donors (Lipinski definition) is 1. The third-order valence-corrected chi connectivity index (χ3v) is 6.17. The molecule has 0 bridgehead atoms. The van der Waals surface area contributed by atoms with E-state index in [1.807, 2.05) is 25.1 Å². The van der Waals surface area contributed by atoms with Crippen molar-refractivity contribution in [2.24, 2.45) is 7.05 Å². The summed E-state index contributed by atoms with van der Waals surface area (Å²) in [5.41, 5.74) is 3.88. The van der Waals surface area contributed by atoms with Crippen LogP contribution in [0.4, 0.5) is 0 Å². The molecule has 0 amide bonds. The SMILES string of the molecule is CN1CCC(CC(C)(O)c2ccncc2)c2c(c3cc(Cl)ccc3n2C)C1. The van der Waals surface area contributed by atoms with Crippen molar-refractivity contribution >= 4 is 22.5 Å². The fourth-order valence-electron chi connectivity index (χ4n) is 4.57. The molecule has 1 aliphatic heterocycles. The average Bonchev–Trinajstić information content (AvgIpc) is 2.80. The molecule has 0 saturated heterocycles. The van der Waals surface area contributed by atoms with Crippen LogP contribution in [0.5, 0.6) is 0 Å². The molecule has 3 aromatic rings. The van der Waals surface area contributed by atoms with Gasteiger partial charge >= 0.3 is 0 Å². The van der Waals surface area contributed by atoms with Crippen LogP contribution in [0, 0.1) is 0 Å². The minimum absolute atomic E-state index is 0.268. The zero-order chi connectivity index (χ0) is 19.2. The van der Waals surface area contributed by atoms with E-state index in [1.165, 1.54) is 22.2 Å². The Morgan fingerprint density at radius 3 is 2.70 bits per heavy atom. The van der Waals surface area contributed by atoms with Gasteiger partial charge in [0.05, 0.1) is 5.60 Å². The molecule has 2 aromatic heterocycles. The lowest BCUT2D eigenvalue weighted by Gasteiger charge is -2.29.